The van der Waals surface area contributed by atoms with Crippen LogP contribution in [0, 0.1) is 17.8 Å². The molecule has 27 heavy (non-hydrogen) atoms. The lowest BCUT2D eigenvalue weighted by Gasteiger charge is -2.37. The molecule has 6 nitrogen and oxygen atoms in total. The van der Waals surface area contributed by atoms with E-state index >= 15 is 0 Å². The van der Waals surface area contributed by atoms with Crippen molar-refractivity contribution in [2.24, 2.45) is 17.8 Å². The first kappa shape index (κ1) is 18.6. The van der Waals surface area contributed by atoms with E-state index in [-0.39, 0.29) is 18.0 Å². The van der Waals surface area contributed by atoms with Gasteiger partial charge in [-0.2, -0.15) is 0 Å². The van der Waals surface area contributed by atoms with Crippen LogP contribution in [0.1, 0.15) is 25.5 Å². The lowest BCUT2D eigenvalue weighted by atomic mass is 9.86. The van der Waals surface area contributed by atoms with Crippen LogP contribution in [0.2, 0.25) is 0 Å². The number of benzene rings is 1. The van der Waals surface area contributed by atoms with E-state index in [0.29, 0.717) is 51.4 Å². The molecule has 1 aromatic rings. The first-order valence-electron chi connectivity index (χ1n) is 10.1. The Morgan fingerprint density at radius 1 is 1.26 bits per heavy atom. The van der Waals surface area contributed by atoms with E-state index in [1.54, 1.807) is 0 Å². The van der Waals surface area contributed by atoms with Crippen molar-refractivity contribution in [3.8, 4) is 5.75 Å². The number of hydrogen-bond acceptors (Lipinski definition) is 4. The highest BCUT2D eigenvalue weighted by Gasteiger charge is 2.49. The molecule has 148 valence electrons. The van der Waals surface area contributed by atoms with Gasteiger partial charge in [0.1, 0.15) is 5.75 Å². The molecule has 3 atom stereocenters. The summed E-state index contributed by atoms with van der Waals surface area (Å²) in [5.74, 6) is 1.99. The number of nitrogens with zero attached hydrogens (tertiary/aromatic N) is 2. The minimum atomic E-state index is 0.0675. The third-order valence-electron chi connectivity index (χ3n) is 5.76. The van der Waals surface area contributed by atoms with Crippen molar-refractivity contribution in [3.63, 3.8) is 0 Å². The molecular formula is C21H30N2O4. The second-order valence-electron chi connectivity index (χ2n) is 8.18. The Morgan fingerprint density at radius 3 is 2.81 bits per heavy atom. The van der Waals surface area contributed by atoms with Crippen LogP contribution >= 0.6 is 0 Å². The molecule has 1 aromatic carbocycles. The Morgan fingerprint density at radius 2 is 2.04 bits per heavy atom. The zero-order valence-corrected chi connectivity index (χ0v) is 16.3. The number of urea groups is 1. The predicted octanol–water partition coefficient (Wildman–Crippen LogP) is 2.79. The molecule has 6 heteroatoms. The number of para-hydroxylation sites is 1. The van der Waals surface area contributed by atoms with Crippen LogP contribution in [0.3, 0.4) is 0 Å². The number of carbonyl (C=O) groups is 1. The Kier molecular flexibility index (Phi) is 5.55. The number of rotatable bonds is 4. The van der Waals surface area contributed by atoms with Crippen molar-refractivity contribution in [2.75, 3.05) is 52.7 Å². The molecule has 3 heterocycles. The summed E-state index contributed by atoms with van der Waals surface area (Å²) >= 11 is 0. The average Bonchev–Trinajstić information content (AvgIpc) is 3.07. The summed E-state index contributed by atoms with van der Waals surface area (Å²) in [6.07, 6.45) is 0. The summed E-state index contributed by atoms with van der Waals surface area (Å²) in [4.78, 5) is 17.3. The van der Waals surface area contributed by atoms with Gasteiger partial charge in [0, 0.05) is 43.6 Å². The van der Waals surface area contributed by atoms with Gasteiger partial charge in [0.25, 0.3) is 0 Å². The van der Waals surface area contributed by atoms with E-state index in [0.717, 1.165) is 24.5 Å². The van der Waals surface area contributed by atoms with Gasteiger partial charge in [-0.05, 0) is 12.0 Å². The van der Waals surface area contributed by atoms with E-state index in [9.17, 15) is 4.79 Å². The number of morpholine rings is 1. The van der Waals surface area contributed by atoms with Crippen LogP contribution in [0.25, 0.3) is 0 Å². The van der Waals surface area contributed by atoms with Crippen molar-refractivity contribution >= 4 is 6.03 Å². The van der Waals surface area contributed by atoms with E-state index in [1.807, 2.05) is 23.1 Å². The normalized spacial score (nSPS) is 27.3. The summed E-state index contributed by atoms with van der Waals surface area (Å²) in [6.45, 7) is 9.69. The molecule has 0 aliphatic carbocycles. The fraction of sp³-hybridized carbons (Fsp3) is 0.667. The van der Waals surface area contributed by atoms with Gasteiger partial charge in [0.2, 0.25) is 0 Å². The number of fused-ring (bicyclic) bond motifs is 3. The maximum atomic E-state index is 13.3. The molecule has 3 aliphatic rings. The minimum absolute atomic E-state index is 0.0675. The van der Waals surface area contributed by atoms with Gasteiger partial charge in [0.05, 0.1) is 32.5 Å². The second kappa shape index (κ2) is 8.07. The highest BCUT2D eigenvalue weighted by molar-refractivity contribution is 5.76. The maximum Gasteiger partial charge on any atom is 0.320 e. The van der Waals surface area contributed by atoms with Crippen LogP contribution in [-0.4, -0.2) is 68.5 Å². The zero-order valence-electron chi connectivity index (χ0n) is 16.3. The molecule has 2 amide bonds. The van der Waals surface area contributed by atoms with E-state index < -0.39 is 0 Å². The highest BCUT2D eigenvalue weighted by atomic mass is 16.5. The van der Waals surface area contributed by atoms with Gasteiger partial charge in [-0.1, -0.05) is 32.0 Å². The molecule has 0 spiro atoms. The van der Waals surface area contributed by atoms with E-state index in [4.69, 9.17) is 14.2 Å². The Bertz CT molecular complexity index is 659. The van der Waals surface area contributed by atoms with Crippen LogP contribution in [-0.2, 0) is 9.47 Å². The van der Waals surface area contributed by atoms with Gasteiger partial charge >= 0.3 is 6.03 Å². The quantitative estimate of drug-likeness (QED) is 0.813. The smallest absolute Gasteiger partial charge is 0.320 e. The van der Waals surface area contributed by atoms with Crippen molar-refractivity contribution in [1.82, 2.24) is 9.80 Å². The minimum Gasteiger partial charge on any atom is -0.493 e. The lowest BCUT2D eigenvalue weighted by molar-refractivity contribution is 0.0394. The molecule has 0 aromatic heterocycles. The van der Waals surface area contributed by atoms with Crippen molar-refractivity contribution in [1.29, 1.82) is 0 Å². The molecule has 2 saturated heterocycles. The number of hydrogen-bond donors (Lipinski definition) is 0. The lowest BCUT2D eigenvalue weighted by Crippen LogP contribution is -2.48. The monoisotopic (exact) mass is 374 g/mol. The van der Waals surface area contributed by atoms with Gasteiger partial charge in [-0.15, -0.1) is 0 Å². The SMILES string of the molecule is CC(C)COC[C@@H]1CN(C(=O)N2CCOCC2)[C@H]2c3ccccc3OC[C@@H]12. The van der Waals surface area contributed by atoms with Gasteiger partial charge in [-0.3, -0.25) is 0 Å². The first-order valence-corrected chi connectivity index (χ1v) is 10.1. The number of carbonyl (C=O) groups excluding carboxylic acids is 1. The molecular weight excluding hydrogens is 344 g/mol. The molecule has 2 fully saturated rings. The molecule has 0 N–H and O–H groups in total. The highest BCUT2D eigenvalue weighted by Crippen LogP contribution is 2.47. The largest absolute Gasteiger partial charge is 0.493 e. The van der Waals surface area contributed by atoms with Gasteiger partial charge < -0.3 is 24.0 Å². The van der Waals surface area contributed by atoms with E-state index in [1.165, 1.54) is 0 Å². The summed E-state index contributed by atoms with van der Waals surface area (Å²) in [5.41, 5.74) is 1.13. The molecule has 0 bridgehead atoms. The Labute approximate surface area is 161 Å². The standard InChI is InChI=1S/C21H30N2O4/c1-15(2)12-26-13-16-11-23(21(24)22-7-9-25-10-8-22)20-17-5-3-4-6-19(17)27-14-18(16)20/h3-6,15-16,18,20H,7-14H2,1-2H3/t16-,18-,20-/m0/s1. The second-order valence-corrected chi connectivity index (χ2v) is 8.18. The van der Waals surface area contributed by atoms with Crippen LogP contribution in [0.4, 0.5) is 4.79 Å². The van der Waals surface area contributed by atoms with Gasteiger partial charge in [-0.25, -0.2) is 4.79 Å². The fourth-order valence-corrected chi connectivity index (χ4v) is 4.42. The van der Waals surface area contributed by atoms with Crippen LogP contribution in [0.5, 0.6) is 5.75 Å². The third-order valence-corrected chi connectivity index (χ3v) is 5.76. The molecule has 0 unspecified atom stereocenters. The van der Waals surface area contributed by atoms with Crippen molar-refractivity contribution in [3.05, 3.63) is 29.8 Å². The average molecular weight is 374 g/mol. The summed E-state index contributed by atoms with van der Waals surface area (Å²) in [7, 11) is 0. The predicted molar refractivity (Wildman–Crippen MR) is 102 cm³/mol. The molecule has 0 radical (unpaired) electrons. The van der Waals surface area contributed by atoms with Crippen LogP contribution < -0.4 is 4.74 Å². The topological polar surface area (TPSA) is 51.2 Å². The first-order chi connectivity index (χ1) is 13.1. The Hall–Kier alpha value is -1.79. The number of likely N-dealkylation sites (tertiary alicyclic amines) is 1. The summed E-state index contributed by atoms with van der Waals surface area (Å²) < 4.78 is 17.4. The summed E-state index contributed by atoms with van der Waals surface area (Å²) in [6, 6.07) is 8.32. The molecule has 0 saturated carbocycles. The Balaban J connectivity index is 1.56. The van der Waals surface area contributed by atoms with Crippen molar-refractivity contribution in [2.45, 2.75) is 19.9 Å². The number of ether oxygens (including phenoxy) is 3. The van der Waals surface area contributed by atoms with Crippen LogP contribution in [0.15, 0.2) is 24.3 Å². The zero-order chi connectivity index (χ0) is 18.8. The fourth-order valence-electron chi connectivity index (χ4n) is 4.42. The molecule has 4 rings (SSSR count). The van der Waals surface area contributed by atoms with Crippen molar-refractivity contribution < 1.29 is 19.0 Å². The van der Waals surface area contributed by atoms with Gasteiger partial charge in [0.15, 0.2) is 0 Å². The summed E-state index contributed by atoms with van der Waals surface area (Å²) in [5, 5.41) is 0. The maximum absolute atomic E-state index is 13.3. The van der Waals surface area contributed by atoms with E-state index in [2.05, 4.69) is 24.8 Å². The molecule has 3 aliphatic heterocycles. The third kappa shape index (κ3) is 3.78. The number of amides is 2.